The Hall–Kier alpha value is -3.35. The molecule has 0 unspecified atom stereocenters. The molecule has 0 saturated carbocycles. The molecule has 0 aliphatic heterocycles. The van der Waals surface area contributed by atoms with Crippen LogP contribution in [0.15, 0.2) is 53.3 Å². The third-order valence-corrected chi connectivity index (χ3v) is 3.64. The Kier molecular flexibility index (Phi) is 4.65. The zero-order valence-electron chi connectivity index (χ0n) is 13.5. The van der Waals surface area contributed by atoms with E-state index in [1.165, 1.54) is 12.1 Å². The molecule has 0 spiro atoms. The number of rotatable bonds is 5. The third-order valence-electron chi connectivity index (χ3n) is 3.64. The number of ketones is 1. The van der Waals surface area contributed by atoms with Gasteiger partial charge in [-0.25, -0.2) is 4.79 Å². The number of hydrogen-bond acceptors (Lipinski definition) is 6. The van der Waals surface area contributed by atoms with Crippen LogP contribution in [-0.2, 0) is 11.3 Å². The first kappa shape index (κ1) is 16.5. The van der Waals surface area contributed by atoms with E-state index in [0.717, 1.165) is 4.68 Å². The number of carbonyl (C=O) groups is 2. The second-order valence-electron chi connectivity index (χ2n) is 5.34. The van der Waals surface area contributed by atoms with E-state index in [1.807, 2.05) is 0 Å². The minimum Gasteiger partial charge on any atom is -0.425 e. The summed E-state index contributed by atoms with van der Waals surface area (Å²) in [6, 6.07) is 13.0. The van der Waals surface area contributed by atoms with Crippen LogP contribution in [-0.4, -0.2) is 26.7 Å². The zero-order valence-corrected chi connectivity index (χ0v) is 13.5. The fourth-order valence-corrected chi connectivity index (χ4v) is 2.33. The standard InChI is InChI=1S/C18H15N3O4/c1-2-16(22)12-7-9-13(10-8-12)25-17(23)11-21-18(24)14-5-3-4-6-15(14)19-20-21/h3-10H,2,11H2,1H3. The van der Waals surface area contributed by atoms with Gasteiger partial charge in [-0.15, -0.1) is 5.10 Å². The van der Waals surface area contributed by atoms with E-state index in [-0.39, 0.29) is 12.3 Å². The van der Waals surface area contributed by atoms with Gasteiger partial charge in [0.25, 0.3) is 5.56 Å². The molecule has 7 nitrogen and oxygen atoms in total. The summed E-state index contributed by atoms with van der Waals surface area (Å²) < 4.78 is 6.13. The number of ether oxygens (including phenoxy) is 1. The average molecular weight is 337 g/mol. The van der Waals surface area contributed by atoms with Crippen molar-refractivity contribution < 1.29 is 14.3 Å². The van der Waals surface area contributed by atoms with Crippen LogP contribution in [0.5, 0.6) is 5.75 Å². The number of fused-ring (bicyclic) bond motifs is 1. The summed E-state index contributed by atoms with van der Waals surface area (Å²) in [7, 11) is 0. The molecule has 25 heavy (non-hydrogen) atoms. The lowest BCUT2D eigenvalue weighted by Crippen LogP contribution is -2.29. The van der Waals surface area contributed by atoms with Crippen molar-refractivity contribution in [1.82, 2.24) is 15.0 Å². The number of esters is 1. The topological polar surface area (TPSA) is 91.2 Å². The molecule has 0 amide bonds. The predicted octanol–water partition coefficient (Wildman–Crippen LogP) is 1.99. The largest absolute Gasteiger partial charge is 0.425 e. The van der Waals surface area contributed by atoms with E-state index >= 15 is 0 Å². The molecule has 0 fully saturated rings. The van der Waals surface area contributed by atoms with Gasteiger partial charge in [-0.3, -0.25) is 9.59 Å². The monoisotopic (exact) mass is 337 g/mol. The summed E-state index contributed by atoms with van der Waals surface area (Å²) in [6.45, 7) is 1.42. The first-order valence-electron chi connectivity index (χ1n) is 7.75. The van der Waals surface area contributed by atoms with Crippen molar-refractivity contribution in [2.75, 3.05) is 0 Å². The molecule has 0 aliphatic rings. The first-order valence-corrected chi connectivity index (χ1v) is 7.75. The smallest absolute Gasteiger partial charge is 0.333 e. The molecule has 1 aromatic heterocycles. The number of aromatic nitrogens is 3. The van der Waals surface area contributed by atoms with E-state index < -0.39 is 11.5 Å². The molecule has 3 rings (SSSR count). The van der Waals surface area contributed by atoms with Crippen LogP contribution in [0.1, 0.15) is 23.7 Å². The van der Waals surface area contributed by atoms with Gasteiger partial charge in [-0.1, -0.05) is 24.3 Å². The second kappa shape index (κ2) is 7.04. The van der Waals surface area contributed by atoms with Crippen molar-refractivity contribution in [3.63, 3.8) is 0 Å². The molecule has 1 heterocycles. The van der Waals surface area contributed by atoms with Gasteiger partial charge in [-0.05, 0) is 36.4 Å². The fourth-order valence-electron chi connectivity index (χ4n) is 2.33. The van der Waals surface area contributed by atoms with Crippen molar-refractivity contribution in [1.29, 1.82) is 0 Å². The Morgan fingerprint density at radius 1 is 1.08 bits per heavy atom. The van der Waals surface area contributed by atoms with Gasteiger partial charge in [0, 0.05) is 12.0 Å². The molecule has 0 bridgehead atoms. The molecule has 0 atom stereocenters. The van der Waals surface area contributed by atoms with Gasteiger partial charge < -0.3 is 4.74 Å². The molecule has 7 heteroatoms. The fraction of sp³-hybridized carbons (Fsp3) is 0.167. The van der Waals surface area contributed by atoms with E-state index in [1.54, 1.807) is 43.3 Å². The van der Waals surface area contributed by atoms with Crippen molar-refractivity contribution in [2.24, 2.45) is 0 Å². The molecule has 2 aromatic carbocycles. The minimum atomic E-state index is -0.652. The van der Waals surface area contributed by atoms with Gasteiger partial charge in [0.1, 0.15) is 17.8 Å². The summed E-state index contributed by atoms with van der Waals surface area (Å²) in [4.78, 5) is 35.9. The number of benzene rings is 2. The van der Waals surface area contributed by atoms with Crippen molar-refractivity contribution in [3.05, 3.63) is 64.4 Å². The molecule has 0 aliphatic carbocycles. The van der Waals surface area contributed by atoms with Crippen LogP contribution in [0.3, 0.4) is 0 Å². The summed E-state index contributed by atoms with van der Waals surface area (Å²) in [5.41, 5.74) is 0.610. The summed E-state index contributed by atoms with van der Waals surface area (Å²) in [5.74, 6) is -0.350. The molecule has 0 N–H and O–H groups in total. The maximum Gasteiger partial charge on any atom is 0.333 e. The average Bonchev–Trinajstić information content (AvgIpc) is 2.64. The lowest BCUT2D eigenvalue weighted by molar-refractivity contribution is -0.135. The lowest BCUT2D eigenvalue weighted by Gasteiger charge is -2.06. The van der Waals surface area contributed by atoms with Crippen LogP contribution in [0.2, 0.25) is 0 Å². The number of Topliss-reactive ketones (excluding diaryl/α,β-unsaturated/α-hetero) is 1. The van der Waals surface area contributed by atoms with Crippen molar-refractivity contribution in [3.8, 4) is 5.75 Å². The van der Waals surface area contributed by atoms with Crippen LogP contribution in [0.4, 0.5) is 0 Å². The Bertz CT molecular complexity index is 993. The SMILES string of the molecule is CCC(=O)c1ccc(OC(=O)Cn2nnc3ccccc3c2=O)cc1. The Morgan fingerprint density at radius 3 is 2.52 bits per heavy atom. The van der Waals surface area contributed by atoms with E-state index in [9.17, 15) is 14.4 Å². The Balaban J connectivity index is 1.73. The van der Waals surface area contributed by atoms with Gasteiger partial charge in [0.05, 0.1) is 5.39 Å². The zero-order chi connectivity index (χ0) is 17.8. The maximum absolute atomic E-state index is 12.3. The van der Waals surface area contributed by atoms with Gasteiger partial charge in [0.15, 0.2) is 5.78 Å². The van der Waals surface area contributed by atoms with Crippen LogP contribution < -0.4 is 10.3 Å². The Morgan fingerprint density at radius 2 is 1.80 bits per heavy atom. The Labute approximate surface area is 142 Å². The lowest BCUT2D eigenvalue weighted by atomic mass is 10.1. The highest BCUT2D eigenvalue weighted by Gasteiger charge is 2.12. The number of hydrogen-bond donors (Lipinski definition) is 0. The van der Waals surface area contributed by atoms with Gasteiger partial charge in [-0.2, -0.15) is 4.68 Å². The molecular formula is C18H15N3O4. The number of nitrogens with zero attached hydrogens (tertiary/aromatic N) is 3. The van der Waals surface area contributed by atoms with Crippen molar-refractivity contribution in [2.45, 2.75) is 19.9 Å². The highest BCUT2D eigenvalue weighted by Crippen LogP contribution is 2.14. The van der Waals surface area contributed by atoms with E-state index in [2.05, 4.69) is 10.3 Å². The minimum absolute atomic E-state index is 0.0101. The predicted molar refractivity (Wildman–Crippen MR) is 90.5 cm³/mol. The first-order chi connectivity index (χ1) is 12.1. The quantitative estimate of drug-likeness (QED) is 0.402. The summed E-state index contributed by atoms with van der Waals surface area (Å²) in [6.07, 6.45) is 0.405. The summed E-state index contributed by atoms with van der Waals surface area (Å²) >= 11 is 0. The molecule has 0 saturated heterocycles. The third kappa shape index (κ3) is 3.60. The molecule has 0 radical (unpaired) electrons. The van der Waals surface area contributed by atoms with Gasteiger partial charge >= 0.3 is 5.97 Å². The highest BCUT2D eigenvalue weighted by atomic mass is 16.5. The van der Waals surface area contributed by atoms with Crippen LogP contribution in [0.25, 0.3) is 10.9 Å². The summed E-state index contributed by atoms with van der Waals surface area (Å²) in [5, 5.41) is 8.04. The van der Waals surface area contributed by atoms with Crippen LogP contribution in [0, 0.1) is 0 Å². The van der Waals surface area contributed by atoms with Crippen molar-refractivity contribution >= 4 is 22.7 Å². The normalized spacial score (nSPS) is 10.6. The second-order valence-corrected chi connectivity index (χ2v) is 5.34. The molecule has 3 aromatic rings. The molecular weight excluding hydrogens is 322 g/mol. The van der Waals surface area contributed by atoms with E-state index in [4.69, 9.17) is 4.74 Å². The molecule has 126 valence electrons. The highest BCUT2D eigenvalue weighted by molar-refractivity contribution is 5.95. The van der Waals surface area contributed by atoms with E-state index in [0.29, 0.717) is 28.6 Å². The number of carbonyl (C=O) groups excluding carboxylic acids is 2. The maximum atomic E-state index is 12.3. The van der Waals surface area contributed by atoms with Gasteiger partial charge in [0.2, 0.25) is 0 Å². The van der Waals surface area contributed by atoms with Crippen LogP contribution >= 0.6 is 0 Å².